The van der Waals surface area contributed by atoms with Gasteiger partial charge in [-0.1, -0.05) is 41.6 Å². The number of pyridine rings is 2. The average molecular weight is 394 g/mol. The van der Waals surface area contributed by atoms with Crippen LogP contribution in [0.2, 0.25) is 5.02 Å². The second-order valence-corrected chi connectivity index (χ2v) is 6.48. The highest BCUT2D eigenvalue weighted by Gasteiger charge is 2.16. The largest absolute Gasteiger partial charge is 0.392 e. The van der Waals surface area contributed by atoms with Gasteiger partial charge in [0, 0.05) is 41.2 Å². The first-order valence-electron chi connectivity index (χ1n) is 7.39. The van der Waals surface area contributed by atoms with Crippen LogP contribution in [-0.2, 0) is 13.2 Å². The van der Waals surface area contributed by atoms with Crippen molar-refractivity contribution in [2.75, 3.05) is 0 Å². The Balaban J connectivity index is 0.00000225. The Hall–Kier alpha value is -1.63. The molecule has 0 radical (unpaired) electrons. The van der Waals surface area contributed by atoms with Crippen LogP contribution in [0.5, 0.6) is 0 Å². The number of hydrogen-bond acceptors (Lipinski definition) is 5. The van der Waals surface area contributed by atoms with E-state index in [2.05, 4.69) is 9.97 Å². The first-order valence-corrected chi connectivity index (χ1v) is 8.58. The molecule has 0 aliphatic heterocycles. The highest BCUT2D eigenvalue weighted by Crippen LogP contribution is 2.40. The van der Waals surface area contributed by atoms with E-state index >= 15 is 0 Å². The standard InChI is InChI=1S/C18H16ClN3OS.ClH/c19-16-6-5-14(12-3-1-7-21-10-12)15(9-20)17(16)24-18-13(11-23)4-2-8-22-18;/h1-8,10,23H,9,11,20H2;1H. The van der Waals surface area contributed by atoms with Crippen molar-refractivity contribution in [3.05, 3.63) is 71.1 Å². The van der Waals surface area contributed by atoms with Crippen molar-refractivity contribution in [3.8, 4) is 11.1 Å². The molecule has 0 saturated carbocycles. The lowest BCUT2D eigenvalue weighted by Crippen LogP contribution is -2.03. The van der Waals surface area contributed by atoms with Gasteiger partial charge in [0.2, 0.25) is 0 Å². The number of halogens is 2. The van der Waals surface area contributed by atoms with E-state index in [1.165, 1.54) is 11.8 Å². The Bertz CT molecular complexity index is 847. The molecule has 25 heavy (non-hydrogen) atoms. The van der Waals surface area contributed by atoms with Gasteiger partial charge in [-0.15, -0.1) is 12.4 Å². The summed E-state index contributed by atoms with van der Waals surface area (Å²) in [6.45, 7) is 0.266. The van der Waals surface area contributed by atoms with Gasteiger partial charge in [-0.2, -0.15) is 0 Å². The summed E-state index contributed by atoms with van der Waals surface area (Å²) in [5, 5.41) is 10.8. The Labute approximate surface area is 161 Å². The Morgan fingerprint density at radius 3 is 2.60 bits per heavy atom. The van der Waals surface area contributed by atoms with E-state index in [-0.39, 0.29) is 19.0 Å². The van der Waals surface area contributed by atoms with E-state index in [0.29, 0.717) is 11.6 Å². The predicted octanol–water partition coefficient (Wildman–Crippen LogP) is 4.32. The van der Waals surface area contributed by atoms with Gasteiger partial charge >= 0.3 is 0 Å². The van der Waals surface area contributed by atoms with Crippen molar-refractivity contribution < 1.29 is 5.11 Å². The fourth-order valence-corrected chi connectivity index (χ4v) is 3.78. The van der Waals surface area contributed by atoms with Crippen LogP contribution in [0.4, 0.5) is 0 Å². The van der Waals surface area contributed by atoms with Crippen LogP contribution in [0.1, 0.15) is 11.1 Å². The molecule has 130 valence electrons. The number of aliphatic hydroxyl groups is 1. The third-order valence-electron chi connectivity index (χ3n) is 3.61. The summed E-state index contributed by atoms with van der Waals surface area (Å²) >= 11 is 7.85. The zero-order valence-electron chi connectivity index (χ0n) is 13.2. The molecule has 0 aliphatic carbocycles. The molecule has 0 unspecified atom stereocenters. The third kappa shape index (κ3) is 4.32. The summed E-state index contributed by atoms with van der Waals surface area (Å²) in [6, 6.07) is 11.3. The smallest absolute Gasteiger partial charge is 0.106 e. The van der Waals surface area contributed by atoms with Gasteiger partial charge in [0.05, 0.1) is 11.6 Å². The third-order valence-corrected chi connectivity index (χ3v) is 5.27. The molecule has 0 atom stereocenters. The minimum absolute atomic E-state index is 0. The minimum atomic E-state index is -0.0754. The molecule has 3 aromatic rings. The number of aliphatic hydroxyl groups excluding tert-OH is 1. The molecule has 7 heteroatoms. The van der Waals surface area contributed by atoms with Crippen molar-refractivity contribution >= 4 is 35.8 Å². The van der Waals surface area contributed by atoms with Crippen LogP contribution in [0.15, 0.2) is 64.9 Å². The SMILES string of the molecule is Cl.NCc1c(-c2cccnc2)ccc(Cl)c1Sc1ncccc1CO. The van der Waals surface area contributed by atoms with Crippen molar-refractivity contribution in [2.24, 2.45) is 5.73 Å². The normalized spacial score (nSPS) is 10.4. The van der Waals surface area contributed by atoms with E-state index in [0.717, 1.165) is 32.2 Å². The molecule has 3 rings (SSSR count). The van der Waals surface area contributed by atoms with Crippen molar-refractivity contribution in [3.63, 3.8) is 0 Å². The van der Waals surface area contributed by atoms with E-state index in [1.54, 1.807) is 24.7 Å². The lowest BCUT2D eigenvalue weighted by molar-refractivity contribution is 0.278. The minimum Gasteiger partial charge on any atom is -0.392 e. The summed E-state index contributed by atoms with van der Waals surface area (Å²) in [4.78, 5) is 9.38. The van der Waals surface area contributed by atoms with Crippen LogP contribution < -0.4 is 5.73 Å². The van der Waals surface area contributed by atoms with Gasteiger partial charge in [0.1, 0.15) is 5.03 Å². The molecule has 0 amide bonds. The van der Waals surface area contributed by atoms with Crippen LogP contribution in [0.25, 0.3) is 11.1 Å². The number of nitrogens with zero attached hydrogens (tertiary/aromatic N) is 2. The maximum atomic E-state index is 9.51. The Kier molecular flexibility index (Phi) is 7.23. The fourth-order valence-electron chi connectivity index (χ4n) is 2.44. The Morgan fingerprint density at radius 2 is 1.92 bits per heavy atom. The Morgan fingerprint density at radius 1 is 1.12 bits per heavy atom. The zero-order valence-corrected chi connectivity index (χ0v) is 15.6. The second kappa shape index (κ2) is 9.17. The molecule has 2 aromatic heterocycles. The van der Waals surface area contributed by atoms with Crippen LogP contribution in [0, 0.1) is 0 Å². The molecular weight excluding hydrogens is 377 g/mol. The number of hydrogen-bond donors (Lipinski definition) is 2. The summed E-state index contributed by atoms with van der Waals surface area (Å²) in [5.74, 6) is 0. The monoisotopic (exact) mass is 393 g/mol. The quantitative estimate of drug-likeness (QED) is 0.674. The molecule has 0 fully saturated rings. The second-order valence-electron chi connectivity index (χ2n) is 5.08. The molecular formula is C18H17Cl2N3OS. The molecule has 0 bridgehead atoms. The lowest BCUT2D eigenvalue weighted by Gasteiger charge is -2.15. The molecule has 4 nitrogen and oxygen atoms in total. The molecule has 1 aromatic carbocycles. The lowest BCUT2D eigenvalue weighted by atomic mass is 10.0. The van der Waals surface area contributed by atoms with Crippen LogP contribution in [-0.4, -0.2) is 15.1 Å². The number of nitrogens with two attached hydrogens (primary N) is 1. The molecule has 2 heterocycles. The molecule has 0 aliphatic rings. The average Bonchev–Trinajstić information content (AvgIpc) is 2.64. The molecule has 0 saturated heterocycles. The van der Waals surface area contributed by atoms with Crippen molar-refractivity contribution in [2.45, 2.75) is 23.1 Å². The van der Waals surface area contributed by atoms with Crippen molar-refractivity contribution in [1.82, 2.24) is 9.97 Å². The maximum absolute atomic E-state index is 9.51. The summed E-state index contributed by atoms with van der Waals surface area (Å²) < 4.78 is 0. The van der Waals surface area contributed by atoms with Gasteiger partial charge in [0.25, 0.3) is 0 Å². The maximum Gasteiger partial charge on any atom is 0.106 e. The summed E-state index contributed by atoms with van der Waals surface area (Å²) in [6.07, 6.45) is 5.23. The summed E-state index contributed by atoms with van der Waals surface area (Å²) in [5.41, 5.74) is 9.70. The fraction of sp³-hybridized carbons (Fsp3) is 0.111. The van der Waals surface area contributed by atoms with Crippen LogP contribution in [0.3, 0.4) is 0 Å². The number of benzene rings is 1. The number of rotatable bonds is 5. The molecule has 0 spiro atoms. The van der Waals surface area contributed by atoms with E-state index in [9.17, 15) is 5.11 Å². The highest BCUT2D eigenvalue weighted by molar-refractivity contribution is 7.99. The van der Waals surface area contributed by atoms with Crippen molar-refractivity contribution in [1.29, 1.82) is 0 Å². The van der Waals surface area contributed by atoms with E-state index in [4.69, 9.17) is 17.3 Å². The van der Waals surface area contributed by atoms with Crippen LogP contribution >= 0.6 is 35.8 Å². The van der Waals surface area contributed by atoms with Gasteiger partial charge in [-0.05, 0) is 29.3 Å². The van der Waals surface area contributed by atoms with Gasteiger partial charge in [-0.3, -0.25) is 4.98 Å². The first-order chi connectivity index (χ1) is 11.7. The highest BCUT2D eigenvalue weighted by atomic mass is 35.5. The zero-order chi connectivity index (χ0) is 16.9. The van der Waals surface area contributed by atoms with Gasteiger partial charge < -0.3 is 10.8 Å². The topological polar surface area (TPSA) is 72.0 Å². The number of aromatic nitrogens is 2. The molecule has 3 N–H and O–H groups in total. The van der Waals surface area contributed by atoms with Gasteiger partial charge in [-0.25, -0.2) is 4.98 Å². The van der Waals surface area contributed by atoms with E-state index < -0.39 is 0 Å². The van der Waals surface area contributed by atoms with Gasteiger partial charge in [0.15, 0.2) is 0 Å². The predicted molar refractivity (Wildman–Crippen MR) is 104 cm³/mol. The van der Waals surface area contributed by atoms with E-state index in [1.807, 2.05) is 30.3 Å². The summed E-state index contributed by atoms with van der Waals surface area (Å²) in [7, 11) is 0. The first kappa shape index (κ1) is 19.7.